The van der Waals surface area contributed by atoms with Gasteiger partial charge in [-0.15, -0.1) is 0 Å². The van der Waals surface area contributed by atoms with E-state index in [4.69, 9.17) is 24.7 Å². The van der Waals surface area contributed by atoms with E-state index in [2.05, 4.69) is 17.1 Å². The van der Waals surface area contributed by atoms with Crippen LogP contribution in [0.5, 0.6) is 11.5 Å². The Bertz CT molecular complexity index is 836. The van der Waals surface area contributed by atoms with E-state index in [1.807, 2.05) is 0 Å². The van der Waals surface area contributed by atoms with Crippen LogP contribution in [0.4, 0.5) is 0 Å². The highest BCUT2D eigenvalue weighted by Gasteiger charge is 2.94. The fourth-order valence-electron chi connectivity index (χ4n) is 4.13. The van der Waals surface area contributed by atoms with Crippen molar-refractivity contribution in [3.8, 4) is 23.6 Å². The van der Waals surface area contributed by atoms with Gasteiger partial charge in [0.15, 0.2) is 16.9 Å². The number of para-hydroxylation sites is 1. The van der Waals surface area contributed by atoms with Crippen LogP contribution in [-0.2, 0) is 9.47 Å². The van der Waals surface area contributed by atoms with Crippen LogP contribution in [-0.4, -0.2) is 40.2 Å². The molecule has 1 fully saturated rings. The number of amidine groups is 1. The third-order valence-electron chi connectivity index (χ3n) is 5.23. The molecule has 1 heterocycles. The molecule has 1 saturated carbocycles. The minimum atomic E-state index is -1.67. The van der Waals surface area contributed by atoms with Crippen LogP contribution in [0.25, 0.3) is 0 Å². The molecule has 130 valence electrons. The molecule has 3 rings (SSSR count). The summed E-state index contributed by atoms with van der Waals surface area (Å²) in [6, 6.07) is 9.65. The van der Waals surface area contributed by atoms with E-state index in [1.165, 1.54) is 28.4 Å². The Morgan fingerprint density at radius 1 is 1.08 bits per heavy atom. The van der Waals surface area contributed by atoms with Gasteiger partial charge in [0.1, 0.15) is 11.3 Å². The number of hydrogen-bond donors (Lipinski definition) is 1. The number of rotatable bonds is 5. The van der Waals surface area contributed by atoms with Crippen LogP contribution in [0.1, 0.15) is 11.5 Å². The summed E-state index contributed by atoms with van der Waals surface area (Å²) in [7, 11) is 5.74. The van der Waals surface area contributed by atoms with Crippen molar-refractivity contribution in [1.82, 2.24) is 0 Å². The predicted octanol–water partition coefficient (Wildman–Crippen LogP) is 1.14. The first-order valence-corrected chi connectivity index (χ1v) is 7.49. The highest BCUT2D eigenvalue weighted by Crippen LogP contribution is 2.82. The van der Waals surface area contributed by atoms with E-state index in [1.54, 1.807) is 18.2 Å². The first-order chi connectivity index (χ1) is 12.0. The lowest BCUT2D eigenvalue weighted by Crippen LogP contribution is -2.41. The number of benzene rings is 1. The lowest BCUT2D eigenvalue weighted by atomic mass is 9.93. The molecule has 1 aliphatic carbocycles. The van der Waals surface area contributed by atoms with Gasteiger partial charge in [-0.1, -0.05) is 12.1 Å². The van der Waals surface area contributed by atoms with Crippen molar-refractivity contribution in [2.24, 2.45) is 21.6 Å². The third kappa shape index (κ3) is 1.58. The third-order valence-corrected chi connectivity index (χ3v) is 5.23. The molecule has 8 heteroatoms. The van der Waals surface area contributed by atoms with Crippen molar-refractivity contribution in [2.45, 2.75) is 11.8 Å². The number of fused-ring (bicyclic) bond motifs is 1. The summed E-state index contributed by atoms with van der Waals surface area (Å²) in [6.07, 6.45) is 0. The van der Waals surface area contributed by atoms with Gasteiger partial charge in [-0.2, -0.15) is 10.5 Å². The van der Waals surface area contributed by atoms with E-state index in [-0.39, 0.29) is 5.84 Å². The average molecular weight is 342 g/mol. The second-order valence-electron chi connectivity index (χ2n) is 5.84. The van der Waals surface area contributed by atoms with E-state index in [0.29, 0.717) is 17.1 Å². The van der Waals surface area contributed by atoms with E-state index < -0.39 is 22.7 Å². The number of nitrogens with two attached hydrogens (primary N) is 1. The van der Waals surface area contributed by atoms with Crippen LogP contribution in [0.2, 0.25) is 0 Å². The van der Waals surface area contributed by atoms with Gasteiger partial charge in [-0.25, -0.2) is 4.99 Å². The molecular weight excluding hydrogens is 324 g/mol. The number of hydrogen-bond acceptors (Lipinski definition) is 8. The van der Waals surface area contributed by atoms with Gasteiger partial charge in [-0.3, -0.25) is 0 Å². The SMILES string of the molecule is COc1cccc(C2C3(C#N)C(N)=NC(OC)(OC)C23C#N)c1OC. The molecule has 1 aromatic rings. The van der Waals surface area contributed by atoms with Crippen molar-refractivity contribution in [3.05, 3.63) is 23.8 Å². The normalized spacial score (nSPS) is 31.3. The number of nitrogens with zero attached hydrogens (tertiary/aromatic N) is 3. The van der Waals surface area contributed by atoms with Crippen molar-refractivity contribution >= 4 is 5.84 Å². The molecule has 2 aliphatic rings. The molecule has 0 radical (unpaired) electrons. The van der Waals surface area contributed by atoms with Gasteiger partial charge in [0.05, 0.1) is 26.4 Å². The quantitative estimate of drug-likeness (QED) is 0.796. The second kappa shape index (κ2) is 5.35. The maximum Gasteiger partial charge on any atom is 0.292 e. The lowest BCUT2D eigenvalue weighted by molar-refractivity contribution is -0.230. The largest absolute Gasteiger partial charge is 0.493 e. The number of ether oxygens (including phenoxy) is 4. The molecule has 0 saturated heterocycles. The molecule has 0 spiro atoms. The summed E-state index contributed by atoms with van der Waals surface area (Å²) in [5.41, 5.74) is 3.90. The number of methoxy groups -OCH3 is 4. The smallest absolute Gasteiger partial charge is 0.292 e. The van der Waals surface area contributed by atoms with Gasteiger partial charge in [0.25, 0.3) is 5.91 Å². The Morgan fingerprint density at radius 3 is 2.24 bits per heavy atom. The summed E-state index contributed by atoms with van der Waals surface area (Å²) in [6.45, 7) is 0. The topological polar surface area (TPSA) is 123 Å². The summed E-state index contributed by atoms with van der Waals surface area (Å²) < 4.78 is 21.7. The van der Waals surface area contributed by atoms with E-state index in [9.17, 15) is 10.5 Å². The Labute approximate surface area is 145 Å². The molecule has 25 heavy (non-hydrogen) atoms. The molecule has 1 aromatic carbocycles. The van der Waals surface area contributed by atoms with Crippen molar-refractivity contribution in [2.75, 3.05) is 28.4 Å². The zero-order valence-electron chi connectivity index (χ0n) is 14.4. The van der Waals surface area contributed by atoms with Crippen LogP contribution in [0, 0.1) is 33.5 Å². The average Bonchev–Trinajstić information content (AvgIpc) is 3.22. The molecule has 0 aromatic heterocycles. The minimum Gasteiger partial charge on any atom is -0.493 e. The Balaban J connectivity index is 2.30. The molecule has 3 unspecified atom stereocenters. The zero-order valence-corrected chi connectivity index (χ0v) is 14.4. The van der Waals surface area contributed by atoms with Crippen LogP contribution in [0.3, 0.4) is 0 Å². The Hall–Kier alpha value is -2.81. The molecular formula is C17H18N4O4. The van der Waals surface area contributed by atoms with Gasteiger partial charge in [0, 0.05) is 25.7 Å². The molecule has 1 aliphatic heterocycles. The first kappa shape index (κ1) is 17.0. The highest BCUT2D eigenvalue weighted by atomic mass is 16.7. The van der Waals surface area contributed by atoms with Crippen LogP contribution >= 0.6 is 0 Å². The summed E-state index contributed by atoms with van der Waals surface area (Å²) in [5.74, 6) is -1.38. The summed E-state index contributed by atoms with van der Waals surface area (Å²) in [4.78, 5) is 4.18. The van der Waals surface area contributed by atoms with Gasteiger partial charge < -0.3 is 24.7 Å². The molecule has 8 nitrogen and oxygen atoms in total. The van der Waals surface area contributed by atoms with Crippen molar-refractivity contribution in [1.29, 1.82) is 10.5 Å². The maximum absolute atomic E-state index is 10.0. The Kier molecular flexibility index (Phi) is 3.64. The van der Waals surface area contributed by atoms with Crippen molar-refractivity contribution in [3.63, 3.8) is 0 Å². The lowest BCUT2D eigenvalue weighted by Gasteiger charge is -2.29. The molecule has 0 bridgehead atoms. The number of aliphatic imine (C=N–C) groups is 1. The monoisotopic (exact) mass is 342 g/mol. The standard InChI is InChI=1S/C17H18N4O4/c1-22-11-7-5-6-10(12(11)23-2)13-15(8-18)14(20)21-17(24-3,25-4)16(13,15)9-19/h5-7,13H,1-4H3,(H2,20,21). The molecule has 0 amide bonds. The van der Waals surface area contributed by atoms with E-state index in [0.717, 1.165) is 0 Å². The first-order valence-electron chi connectivity index (χ1n) is 7.49. The maximum atomic E-state index is 10.0. The van der Waals surface area contributed by atoms with Gasteiger partial charge in [-0.05, 0) is 6.07 Å². The van der Waals surface area contributed by atoms with E-state index >= 15 is 0 Å². The predicted molar refractivity (Wildman–Crippen MR) is 86.8 cm³/mol. The van der Waals surface area contributed by atoms with Gasteiger partial charge >= 0.3 is 0 Å². The molecule has 2 N–H and O–H groups in total. The van der Waals surface area contributed by atoms with Crippen LogP contribution in [0.15, 0.2) is 23.2 Å². The second-order valence-corrected chi connectivity index (χ2v) is 5.84. The fraction of sp³-hybridized carbons (Fsp3) is 0.471. The molecule has 3 atom stereocenters. The summed E-state index contributed by atoms with van der Waals surface area (Å²) in [5, 5.41) is 20.0. The summed E-state index contributed by atoms with van der Waals surface area (Å²) >= 11 is 0. The highest BCUT2D eigenvalue weighted by molar-refractivity contribution is 6.00. The van der Waals surface area contributed by atoms with Crippen molar-refractivity contribution < 1.29 is 18.9 Å². The number of nitriles is 2. The fourth-order valence-corrected chi connectivity index (χ4v) is 4.13. The minimum absolute atomic E-state index is 0.00937. The zero-order chi connectivity index (χ0) is 18.5. The Morgan fingerprint density at radius 2 is 1.76 bits per heavy atom. The van der Waals surface area contributed by atoms with Gasteiger partial charge in [0.2, 0.25) is 0 Å². The van der Waals surface area contributed by atoms with Crippen LogP contribution < -0.4 is 15.2 Å².